The fourth-order valence-corrected chi connectivity index (χ4v) is 4.99. The third kappa shape index (κ3) is 5.17. The van der Waals surface area contributed by atoms with Crippen LogP contribution in [0.2, 0.25) is 5.02 Å². The number of rotatable bonds is 8. The zero-order valence-corrected chi connectivity index (χ0v) is 17.5. The number of ether oxygens (including phenoxy) is 2. The van der Waals surface area contributed by atoms with Crippen LogP contribution in [0.5, 0.6) is 11.5 Å². The summed E-state index contributed by atoms with van der Waals surface area (Å²) in [6.07, 6.45) is 0. The van der Waals surface area contributed by atoms with Crippen molar-refractivity contribution < 1.29 is 17.9 Å². The summed E-state index contributed by atoms with van der Waals surface area (Å²) in [5, 5.41) is 0.258. The number of hydrogen-bond donors (Lipinski definition) is 0. The zero-order valence-electron chi connectivity index (χ0n) is 15.9. The molecule has 1 fully saturated rings. The van der Waals surface area contributed by atoms with Crippen molar-refractivity contribution in [2.45, 2.75) is 11.8 Å². The van der Waals surface area contributed by atoms with Crippen molar-refractivity contribution >= 4 is 21.6 Å². The second kappa shape index (κ2) is 9.60. The average molecular weight is 425 g/mol. The largest absolute Gasteiger partial charge is 0.494 e. The molecule has 0 spiro atoms. The van der Waals surface area contributed by atoms with Gasteiger partial charge in [-0.2, -0.15) is 4.31 Å². The van der Waals surface area contributed by atoms with Gasteiger partial charge in [0.05, 0.1) is 11.6 Å². The molecule has 1 heterocycles. The predicted molar refractivity (Wildman–Crippen MR) is 110 cm³/mol. The molecule has 28 heavy (non-hydrogen) atoms. The third-order valence-corrected chi connectivity index (χ3v) is 7.00. The van der Waals surface area contributed by atoms with E-state index in [0.717, 1.165) is 18.0 Å². The van der Waals surface area contributed by atoms with Crippen LogP contribution in [0.4, 0.5) is 0 Å². The van der Waals surface area contributed by atoms with E-state index >= 15 is 0 Å². The van der Waals surface area contributed by atoms with Crippen LogP contribution in [0.3, 0.4) is 0 Å². The number of hydrogen-bond acceptors (Lipinski definition) is 5. The van der Waals surface area contributed by atoms with Gasteiger partial charge < -0.3 is 9.47 Å². The molecule has 6 nitrogen and oxygen atoms in total. The van der Waals surface area contributed by atoms with Gasteiger partial charge in [0.2, 0.25) is 10.0 Å². The summed E-state index contributed by atoms with van der Waals surface area (Å²) in [6.45, 7) is 6.08. The fourth-order valence-electron chi connectivity index (χ4n) is 3.08. The first-order valence-corrected chi connectivity index (χ1v) is 11.1. The summed E-state index contributed by atoms with van der Waals surface area (Å²) in [5.74, 6) is 1.62. The van der Waals surface area contributed by atoms with E-state index in [1.807, 2.05) is 31.2 Å². The van der Waals surface area contributed by atoms with Crippen LogP contribution in [-0.4, -0.2) is 63.6 Å². The molecule has 0 N–H and O–H groups in total. The number of benzene rings is 2. The first-order valence-electron chi connectivity index (χ1n) is 9.33. The minimum Gasteiger partial charge on any atom is -0.494 e. The monoisotopic (exact) mass is 424 g/mol. The van der Waals surface area contributed by atoms with Crippen LogP contribution < -0.4 is 9.47 Å². The topological polar surface area (TPSA) is 59.1 Å². The summed E-state index contributed by atoms with van der Waals surface area (Å²) in [5.41, 5.74) is 0. The molecule has 1 saturated heterocycles. The highest BCUT2D eigenvalue weighted by molar-refractivity contribution is 7.89. The molecule has 0 unspecified atom stereocenters. The second-order valence-corrected chi connectivity index (χ2v) is 8.74. The van der Waals surface area contributed by atoms with E-state index in [1.54, 1.807) is 24.3 Å². The van der Waals surface area contributed by atoms with Crippen LogP contribution >= 0.6 is 11.6 Å². The standard InChI is InChI=1S/C20H25ClN2O4S/c1-2-26-17-7-9-18(10-8-17)27-16-15-22-11-13-23(14-12-22)28(24,25)20-6-4-3-5-19(20)21/h3-10H,2,11-16H2,1H3. The molecule has 0 aromatic heterocycles. The van der Waals surface area contributed by atoms with E-state index < -0.39 is 10.0 Å². The molecule has 1 aliphatic heterocycles. The summed E-state index contributed by atoms with van der Waals surface area (Å²) >= 11 is 6.07. The van der Waals surface area contributed by atoms with Crippen molar-refractivity contribution in [1.82, 2.24) is 9.21 Å². The molecule has 0 amide bonds. The highest BCUT2D eigenvalue weighted by atomic mass is 35.5. The maximum Gasteiger partial charge on any atom is 0.244 e. The normalized spacial score (nSPS) is 16.1. The Morgan fingerprint density at radius 3 is 2.14 bits per heavy atom. The Balaban J connectivity index is 1.46. The number of sulfonamides is 1. The van der Waals surface area contributed by atoms with Gasteiger partial charge in [0.1, 0.15) is 23.0 Å². The summed E-state index contributed by atoms with van der Waals surface area (Å²) in [7, 11) is -3.56. The Morgan fingerprint density at radius 2 is 1.54 bits per heavy atom. The van der Waals surface area contributed by atoms with Gasteiger partial charge >= 0.3 is 0 Å². The molecule has 2 aromatic rings. The van der Waals surface area contributed by atoms with Crippen LogP contribution in [-0.2, 0) is 10.0 Å². The van der Waals surface area contributed by atoms with Crippen molar-refractivity contribution in [1.29, 1.82) is 0 Å². The molecule has 152 valence electrons. The van der Waals surface area contributed by atoms with Crippen LogP contribution in [0.15, 0.2) is 53.4 Å². The van der Waals surface area contributed by atoms with Gasteiger partial charge in [-0.05, 0) is 43.3 Å². The van der Waals surface area contributed by atoms with E-state index in [0.29, 0.717) is 39.4 Å². The van der Waals surface area contributed by atoms with E-state index in [1.165, 1.54) is 4.31 Å². The molecule has 0 bridgehead atoms. The Labute approximate surface area is 171 Å². The van der Waals surface area contributed by atoms with E-state index in [9.17, 15) is 8.42 Å². The fraction of sp³-hybridized carbons (Fsp3) is 0.400. The lowest BCUT2D eigenvalue weighted by Gasteiger charge is -2.34. The average Bonchev–Trinajstić information content (AvgIpc) is 2.70. The minimum absolute atomic E-state index is 0.170. The Hall–Kier alpha value is -1.80. The summed E-state index contributed by atoms with van der Waals surface area (Å²) in [6, 6.07) is 14.1. The lowest BCUT2D eigenvalue weighted by atomic mass is 10.3. The zero-order chi connectivity index (χ0) is 20.0. The van der Waals surface area contributed by atoms with Gasteiger partial charge in [0, 0.05) is 32.7 Å². The SMILES string of the molecule is CCOc1ccc(OCCN2CCN(S(=O)(=O)c3ccccc3Cl)CC2)cc1. The Kier molecular flexibility index (Phi) is 7.18. The van der Waals surface area contributed by atoms with Crippen molar-refractivity contribution in [2.75, 3.05) is 45.9 Å². The smallest absolute Gasteiger partial charge is 0.244 e. The first-order chi connectivity index (χ1) is 13.5. The van der Waals surface area contributed by atoms with Gasteiger partial charge in [-0.3, -0.25) is 4.90 Å². The van der Waals surface area contributed by atoms with Crippen LogP contribution in [0.1, 0.15) is 6.92 Å². The molecule has 0 saturated carbocycles. The second-order valence-electron chi connectivity index (χ2n) is 6.43. The Morgan fingerprint density at radius 1 is 0.929 bits per heavy atom. The van der Waals surface area contributed by atoms with Gasteiger partial charge in [-0.15, -0.1) is 0 Å². The van der Waals surface area contributed by atoms with E-state index in [4.69, 9.17) is 21.1 Å². The van der Waals surface area contributed by atoms with E-state index in [-0.39, 0.29) is 9.92 Å². The quantitative estimate of drug-likeness (QED) is 0.651. The molecule has 0 atom stereocenters. The molecule has 3 rings (SSSR count). The highest BCUT2D eigenvalue weighted by Crippen LogP contribution is 2.25. The molecule has 0 radical (unpaired) electrons. The summed E-state index contributed by atoms with van der Waals surface area (Å²) in [4.78, 5) is 2.37. The van der Waals surface area contributed by atoms with Gasteiger partial charge in [-0.25, -0.2) is 8.42 Å². The highest BCUT2D eigenvalue weighted by Gasteiger charge is 2.29. The lowest BCUT2D eigenvalue weighted by molar-refractivity contribution is 0.159. The van der Waals surface area contributed by atoms with E-state index in [2.05, 4.69) is 4.90 Å². The molecule has 2 aromatic carbocycles. The number of halogens is 1. The summed E-state index contributed by atoms with van der Waals surface area (Å²) < 4.78 is 38.2. The van der Waals surface area contributed by atoms with Crippen molar-refractivity contribution in [3.8, 4) is 11.5 Å². The van der Waals surface area contributed by atoms with Gasteiger partial charge in [0.15, 0.2) is 0 Å². The first kappa shape index (κ1) is 20.9. The van der Waals surface area contributed by atoms with Crippen molar-refractivity contribution in [3.63, 3.8) is 0 Å². The third-order valence-electron chi connectivity index (χ3n) is 4.60. The molecule has 1 aliphatic rings. The maximum absolute atomic E-state index is 12.8. The molecular formula is C20H25ClN2O4S. The van der Waals surface area contributed by atoms with Crippen LogP contribution in [0, 0.1) is 0 Å². The van der Waals surface area contributed by atoms with Crippen molar-refractivity contribution in [3.05, 3.63) is 53.6 Å². The molecule has 0 aliphatic carbocycles. The van der Waals surface area contributed by atoms with Gasteiger partial charge in [0.25, 0.3) is 0 Å². The Bertz CT molecular complexity index is 866. The molecular weight excluding hydrogens is 400 g/mol. The van der Waals surface area contributed by atoms with Crippen molar-refractivity contribution in [2.24, 2.45) is 0 Å². The molecule has 8 heteroatoms. The lowest BCUT2D eigenvalue weighted by Crippen LogP contribution is -2.49. The predicted octanol–water partition coefficient (Wildman–Crippen LogP) is 3.12. The number of nitrogens with zero attached hydrogens (tertiary/aromatic N) is 2. The van der Waals surface area contributed by atoms with Gasteiger partial charge in [-0.1, -0.05) is 23.7 Å². The minimum atomic E-state index is -3.56. The maximum atomic E-state index is 12.8. The number of piperazine rings is 1. The van der Waals surface area contributed by atoms with Crippen LogP contribution in [0.25, 0.3) is 0 Å².